The maximum Gasteiger partial charge on any atom is 0.244 e. The first-order valence-electron chi connectivity index (χ1n) is 7.82. The minimum atomic E-state index is 0.483. The molecule has 0 saturated heterocycles. The van der Waals surface area contributed by atoms with Crippen molar-refractivity contribution in [1.82, 2.24) is 0 Å². The second-order valence-corrected chi connectivity index (χ2v) is 5.52. The zero-order valence-electron chi connectivity index (χ0n) is 12.6. The summed E-state index contributed by atoms with van der Waals surface area (Å²) in [6.45, 7) is 4.52. The van der Waals surface area contributed by atoms with Crippen molar-refractivity contribution in [3.8, 4) is 0 Å². The predicted octanol–water partition coefficient (Wildman–Crippen LogP) is 4.71. The van der Waals surface area contributed by atoms with Crippen LogP contribution in [0.4, 0.5) is 0 Å². The molecular weight excluding hydrogens is 244 g/mol. The minimum absolute atomic E-state index is 0.483. The molecular formula is C18H25N2+. The maximum atomic E-state index is 4.45. The van der Waals surface area contributed by atoms with Crippen LogP contribution in [-0.2, 0) is 6.42 Å². The van der Waals surface area contributed by atoms with E-state index in [4.69, 9.17) is 0 Å². The summed E-state index contributed by atoms with van der Waals surface area (Å²) in [7, 11) is 0. The van der Waals surface area contributed by atoms with E-state index in [0.29, 0.717) is 11.8 Å². The monoisotopic (exact) mass is 269 g/mol. The highest BCUT2D eigenvalue weighted by atomic mass is 15.0. The van der Waals surface area contributed by atoms with Crippen LogP contribution in [0.1, 0.15) is 45.1 Å². The van der Waals surface area contributed by atoms with Gasteiger partial charge in [-0.3, -0.25) is 0 Å². The SMILES string of the molecule is CCCCC(Cc1ccccc1)C(CC)[C+]1N=CC=N1. The molecule has 2 atom stereocenters. The number of nitrogens with zero attached hydrogens (tertiary/aromatic N) is 2. The van der Waals surface area contributed by atoms with Crippen LogP contribution in [0, 0.1) is 18.0 Å². The van der Waals surface area contributed by atoms with Gasteiger partial charge in [-0.1, -0.05) is 67.0 Å². The first-order chi connectivity index (χ1) is 9.85. The summed E-state index contributed by atoms with van der Waals surface area (Å²) < 4.78 is 0. The number of hydrogen-bond acceptors (Lipinski definition) is 2. The van der Waals surface area contributed by atoms with Crippen LogP contribution in [0.2, 0.25) is 0 Å². The Morgan fingerprint density at radius 1 is 1.05 bits per heavy atom. The summed E-state index contributed by atoms with van der Waals surface area (Å²) >= 11 is 0. The Kier molecular flexibility index (Phi) is 5.85. The van der Waals surface area contributed by atoms with Gasteiger partial charge in [0.2, 0.25) is 6.17 Å². The van der Waals surface area contributed by atoms with Crippen LogP contribution in [0.15, 0.2) is 40.3 Å². The van der Waals surface area contributed by atoms with E-state index in [1.807, 2.05) is 12.4 Å². The average Bonchev–Trinajstić information content (AvgIpc) is 3.00. The van der Waals surface area contributed by atoms with Crippen molar-refractivity contribution in [3.05, 3.63) is 42.1 Å². The van der Waals surface area contributed by atoms with Gasteiger partial charge in [-0.15, -0.1) is 0 Å². The van der Waals surface area contributed by atoms with Crippen molar-refractivity contribution in [1.29, 1.82) is 0 Å². The fraction of sp³-hybridized carbons (Fsp3) is 0.500. The molecule has 0 aliphatic carbocycles. The molecule has 2 rings (SSSR count). The lowest BCUT2D eigenvalue weighted by Gasteiger charge is -2.24. The third-order valence-corrected chi connectivity index (χ3v) is 4.09. The van der Waals surface area contributed by atoms with E-state index in [-0.39, 0.29) is 0 Å². The van der Waals surface area contributed by atoms with E-state index in [1.54, 1.807) is 0 Å². The van der Waals surface area contributed by atoms with Crippen LogP contribution in [0.25, 0.3) is 0 Å². The largest absolute Gasteiger partial charge is 0.244 e. The standard InChI is InChI=1S/C18H25N2/c1-3-5-11-16(14-15-9-7-6-8-10-15)17(4-2)18-19-12-13-20-18/h6-10,12-13,16-17H,3-5,11,14H2,1-2H3/q+1. The topological polar surface area (TPSA) is 24.7 Å². The molecule has 0 aromatic heterocycles. The van der Waals surface area contributed by atoms with Crippen LogP contribution in [0.5, 0.6) is 0 Å². The Morgan fingerprint density at radius 2 is 1.75 bits per heavy atom. The Labute approximate surface area is 123 Å². The lowest BCUT2D eigenvalue weighted by Crippen LogP contribution is -2.21. The van der Waals surface area contributed by atoms with Crippen LogP contribution >= 0.6 is 0 Å². The summed E-state index contributed by atoms with van der Waals surface area (Å²) in [5.74, 6) is 1.13. The second kappa shape index (κ2) is 7.88. The van der Waals surface area contributed by atoms with Gasteiger partial charge < -0.3 is 0 Å². The van der Waals surface area contributed by atoms with Gasteiger partial charge in [0.05, 0.1) is 5.92 Å². The molecule has 0 saturated carbocycles. The lowest BCUT2D eigenvalue weighted by atomic mass is 9.80. The van der Waals surface area contributed by atoms with E-state index >= 15 is 0 Å². The Hall–Kier alpha value is -1.57. The van der Waals surface area contributed by atoms with Crippen molar-refractivity contribution in [3.63, 3.8) is 0 Å². The molecule has 2 heteroatoms. The average molecular weight is 269 g/mol. The van der Waals surface area contributed by atoms with E-state index < -0.39 is 0 Å². The number of rotatable bonds is 8. The minimum Gasteiger partial charge on any atom is -0.0965 e. The first-order valence-corrected chi connectivity index (χ1v) is 7.82. The molecule has 0 bridgehead atoms. The molecule has 0 N–H and O–H groups in total. The highest BCUT2D eigenvalue weighted by Gasteiger charge is 2.34. The van der Waals surface area contributed by atoms with Crippen molar-refractivity contribution < 1.29 is 0 Å². The molecule has 106 valence electrons. The predicted molar refractivity (Wildman–Crippen MR) is 87.2 cm³/mol. The molecule has 0 radical (unpaired) electrons. The van der Waals surface area contributed by atoms with Crippen molar-refractivity contribution in [2.75, 3.05) is 0 Å². The highest BCUT2D eigenvalue weighted by molar-refractivity contribution is 6.18. The van der Waals surface area contributed by atoms with Crippen molar-refractivity contribution >= 4 is 12.4 Å². The van der Waals surface area contributed by atoms with Crippen LogP contribution in [0.3, 0.4) is 0 Å². The summed E-state index contributed by atoms with van der Waals surface area (Å²) in [6, 6.07) is 10.8. The summed E-state index contributed by atoms with van der Waals surface area (Å²) in [4.78, 5) is 8.89. The van der Waals surface area contributed by atoms with Gasteiger partial charge in [0.15, 0.2) is 12.4 Å². The molecule has 1 heterocycles. The third-order valence-electron chi connectivity index (χ3n) is 4.09. The molecule has 2 nitrogen and oxygen atoms in total. The smallest absolute Gasteiger partial charge is 0.0965 e. The molecule has 0 amide bonds. The molecule has 1 aliphatic rings. The highest BCUT2D eigenvalue weighted by Crippen LogP contribution is 2.35. The number of hydrogen-bond donors (Lipinski definition) is 0. The van der Waals surface area contributed by atoms with Gasteiger partial charge >= 0.3 is 0 Å². The lowest BCUT2D eigenvalue weighted by molar-refractivity contribution is 0.303. The van der Waals surface area contributed by atoms with E-state index in [2.05, 4.69) is 54.2 Å². The Morgan fingerprint density at radius 3 is 2.35 bits per heavy atom. The molecule has 1 aliphatic heterocycles. The maximum absolute atomic E-state index is 4.45. The van der Waals surface area contributed by atoms with Gasteiger partial charge in [0, 0.05) is 0 Å². The van der Waals surface area contributed by atoms with Gasteiger partial charge in [-0.05, 0) is 30.7 Å². The fourth-order valence-electron chi connectivity index (χ4n) is 3.00. The van der Waals surface area contributed by atoms with Gasteiger partial charge in [0.1, 0.15) is 0 Å². The molecule has 0 spiro atoms. The molecule has 2 unspecified atom stereocenters. The summed E-state index contributed by atoms with van der Waals surface area (Å²) in [6.07, 6.45) is 10.7. The quantitative estimate of drug-likeness (QED) is 0.611. The van der Waals surface area contributed by atoms with Crippen molar-refractivity contribution in [2.24, 2.45) is 21.8 Å². The van der Waals surface area contributed by atoms with E-state index in [9.17, 15) is 0 Å². The van der Waals surface area contributed by atoms with Crippen LogP contribution < -0.4 is 0 Å². The first kappa shape index (κ1) is 14.8. The number of benzene rings is 1. The van der Waals surface area contributed by atoms with Gasteiger partial charge in [0.25, 0.3) is 0 Å². The zero-order valence-corrected chi connectivity index (χ0v) is 12.6. The van der Waals surface area contributed by atoms with E-state index in [0.717, 1.165) is 19.0 Å². The van der Waals surface area contributed by atoms with E-state index in [1.165, 1.54) is 24.8 Å². The van der Waals surface area contributed by atoms with Gasteiger partial charge in [-0.25, -0.2) is 0 Å². The van der Waals surface area contributed by atoms with Crippen LogP contribution in [-0.4, -0.2) is 12.4 Å². The zero-order chi connectivity index (χ0) is 14.2. The Balaban J connectivity index is 2.08. The third kappa shape index (κ3) is 3.96. The summed E-state index contributed by atoms with van der Waals surface area (Å²) in [5.41, 5.74) is 1.43. The number of aliphatic imine (C=N–C) groups is 2. The van der Waals surface area contributed by atoms with Crippen molar-refractivity contribution in [2.45, 2.75) is 46.0 Å². The molecule has 1 aromatic rings. The van der Waals surface area contributed by atoms with Gasteiger partial charge in [-0.2, -0.15) is 0 Å². The molecule has 1 aromatic carbocycles. The fourth-order valence-corrected chi connectivity index (χ4v) is 3.00. The normalized spacial score (nSPS) is 16.6. The Bertz CT molecular complexity index is 424. The molecule has 0 fully saturated rings. The second-order valence-electron chi connectivity index (χ2n) is 5.52. The summed E-state index contributed by atoms with van der Waals surface area (Å²) in [5, 5.41) is 0. The molecule has 20 heavy (non-hydrogen) atoms. The number of unbranched alkanes of at least 4 members (excludes halogenated alkanes) is 1.